The minimum Gasteiger partial charge on any atom is -0.481 e. The Balaban J connectivity index is 2.58. The average Bonchev–Trinajstić information content (AvgIpc) is 2.32. The number of urea groups is 1. The van der Waals surface area contributed by atoms with Gasteiger partial charge in [-0.2, -0.15) is 0 Å². The molecule has 1 fully saturated rings. The van der Waals surface area contributed by atoms with Gasteiger partial charge in [-0.05, 0) is 27.3 Å². The number of nitrogens with zero attached hydrogens (tertiary/aromatic N) is 2. The first kappa shape index (κ1) is 16.8. The maximum absolute atomic E-state index is 12.3. The summed E-state index contributed by atoms with van der Waals surface area (Å²) >= 11 is 0. The molecule has 1 rings (SSSR count). The van der Waals surface area contributed by atoms with Gasteiger partial charge in [0.2, 0.25) is 0 Å². The molecule has 6 nitrogen and oxygen atoms in total. The van der Waals surface area contributed by atoms with Crippen LogP contribution in [0.5, 0.6) is 0 Å². The van der Waals surface area contributed by atoms with Crippen LogP contribution in [0.15, 0.2) is 0 Å². The van der Waals surface area contributed by atoms with Gasteiger partial charge in [0.1, 0.15) is 0 Å². The number of hydrogen-bond donors (Lipinski definition) is 2. The Morgan fingerprint density at radius 1 is 1.35 bits per heavy atom. The lowest BCUT2D eigenvalue weighted by Crippen LogP contribution is -2.61. The van der Waals surface area contributed by atoms with Crippen LogP contribution >= 0.6 is 0 Å². The molecule has 116 valence electrons. The highest BCUT2D eigenvalue weighted by atomic mass is 16.4. The Hall–Kier alpha value is -1.30. The smallest absolute Gasteiger partial charge is 0.317 e. The highest BCUT2D eigenvalue weighted by Crippen LogP contribution is 2.19. The van der Waals surface area contributed by atoms with Gasteiger partial charge < -0.3 is 15.3 Å². The van der Waals surface area contributed by atoms with Gasteiger partial charge in [0.05, 0.1) is 6.42 Å². The Labute approximate surface area is 121 Å². The van der Waals surface area contributed by atoms with Crippen molar-refractivity contribution in [1.82, 2.24) is 15.1 Å². The van der Waals surface area contributed by atoms with Crippen molar-refractivity contribution in [2.24, 2.45) is 0 Å². The number of amides is 2. The summed E-state index contributed by atoms with van der Waals surface area (Å²) in [7, 11) is 2.06. The van der Waals surface area contributed by atoms with Crippen molar-refractivity contribution in [3.05, 3.63) is 0 Å². The van der Waals surface area contributed by atoms with Crippen molar-refractivity contribution < 1.29 is 14.7 Å². The van der Waals surface area contributed by atoms with E-state index in [0.717, 1.165) is 13.0 Å². The highest BCUT2D eigenvalue weighted by Gasteiger charge is 2.33. The van der Waals surface area contributed by atoms with Crippen LogP contribution in [-0.2, 0) is 4.79 Å². The maximum Gasteiger partial charge on any atom is 0.317 e. The molecule has 1 saturated heterocycles. The van der Waals surface area contributed by atoms with Gasteiger partial charge >= 0.3 is 12.0 Å². The topological polar surface area (TPSA) is 72.9 Å². The number of likely N-dealkylation sites (N-methyl/N-ethyl adjacent to an activating group) is 1. The molecule has 0 saturated carbocycles. The molecule has 6 heteroatoms. The second kappa shape index (κ2) is 6.92. The molecule has 0 bridgehead atoms. The van der Waals surface area contributed by atoms with Gasteiger partial charge in [0.15, 0.2) is 0 Å². The van der Waals surface area contributed by atoms with Crippen LogP contribution < -0.4 is 5.32 Å². The molecule has 0 spiro atoms. The molecule has 0 aromatic carbocycles. The van der Waals surface area contributed by atoms with Crippen LogP contribution in [0.25, 0.3) is 0 Å². The SMILES string of the molecule is CCCC(CC(=O)O)NC(=O)N1CCN(C)C(C)(C)C1. The van der Waals surface area contributed by atoms with Crippen molar-refractivity contribution in [1.29, 1.82) is 0 Å². The predicted octanol–water partition coefficient (Wildman–Crippen LogP) is 1.37. The fraction of sp³-hybridized carbons (Fsp3) is 0.857. The third-order valence-corrected chi connectivity index (χ3v) is 3.99. The molecule has 1 heterocycles. The Morgan fingerprint density at radius 2 is 2.00 bits per heavy atom. The minimum absolute atomic E-state index is 0.0171. The van der Waals surface area contributed by atoms with Crippen LogP contribution in [0.2, 0.25) is 0 Å². The molecule has 0 aromatic heterocycles. The van der Waals surface area contributed by atoms with Gasteiger partial charge in [0, 0.05) is 31.2 Å². The van der Waals surface area contributed by atoms with E-state index in [1.54, 1.807) is 4.90 Å². The summed E-state index contributed by atoms with van der Waals surface area (Å²) < 4.78 is 0. The minimum atomic E-state index is -0.873. The van der Waals surface area contributed by atoms with Gasteiger partial charge in [0.25, 0.3) is 0 Å². The molecule has 20 heavy (non-hydrogen) atoms. The van der Waals surface area contributed by atoms with Crippen LogP contribution in [-0.4, -0.2) is 65.2 Å². The normalized spacial score (nSPS) is 20.5. The van der Waals surface area contributed by atoms with Crippen LogP contribution in [0, 0.1) is 0 Å². The first-order valence-electron chi connectivity index (χ1n) is 7.24. The maximum atomic E-state index is 12.3. The number of aliphatic carboxylic acids is 1. The van der Waals surface area contributed by atoms with E-state index in [1.807, 2.05) is 6.92 Å². The zero-order chi connectivity index (χ0) is 15.3. The van der Waals surface area contributed by atoms with Crippen molar-refractivity contribution in [2.45, 2.75) is 51.6 Å². The third-order valence-electron chi connectivity index (χ3n) is 3.99. The number of carboxylic acids is 1. The van der Waals surface area contributed by atoms with E-state index in [1.165, 1.54) is 0 Å². The molecule has 1 atom stereocenters. The monoisotopic (exact) mass is 285 g/mol. The summed E-state index contributed by atoms with van der Waals surface area (Å²) in [5.41, 5.74) is -0.0529. The number of piperazine rings is 1. The number of nitrogens with one attached hydrogen (secondary N) is 1. The number of carbonyl (C=O) groups excluding carboxylic acids is 1. The molecule has 1 unspecified atom stereocenters. The molecule has 0 aromatic rings. The van der Waals surface area contributed by atoms with E-state index in [0.29, 0.717) is 19.5 Å². The lowest BCUT2D eigenvalue weighted by Gasteiger charge is -2.45. The fourth-order valence-electron chi connectivity index (χ4n) is 2.46. The van der Waals surface area contributed by atoms with E-state index in [4.69, 9.17) is 5.11 Å². The molecule has 2 amide bonds. The summed E-state index contributed by atoms with van der Waals surface area (Å²) in [4.78, 5) is 27.1. The van der Waals surface area contributed by atoms with Gasteiger partial charge in [-0.25, -0.2) is 4.79 Å². The first-order chi connectivity index (χ1) is 9.26. The molecule has 0 radical (unpaired) electrons. The Morgan fingerprint density at radius 3 is 2.50 bits per heavy atom. The van der Waals surface area contributed by atoms with Crippen LogP contribution in [0.3, 0.4) is 0 Å². The van der Waals surface area contributed by atoms with Gasteiger partial charge in [-0.15, -0.1) is 0 Å². The summed E-state index contributed by atoms with van der Waals surface area (Å²) in [6.45, 7) is 8.36. The lowest BCUT2D eigenvalue weighted by atomic mass is 10.00. The number of carbonyl (C=O) groups is 2. The second-order valence-electron chi connectivity index (χ2n) is 6.19. The zero-order valence-electron chi connectivity index (χ0n) is 13.0. The fourth-order valence-corrected chi connectivity index (χ4v) is 2.46. The average molecular weight is 285 g/mol. The van der Waals surface area contributed by atoms with E-state index in [-0.39, 0.29) is 24.0 Å². The summed E-state index contributed by atoms with van der Waals surface area (Å²) in [6, 6.07) is -0.432. The summed E-state index contributed by atoms with van der Waals surface area (Å²) in [5, 5.41) is 11.7. The molecule has 1 aliphatic rings. The van der Waals surface area contributed by atoms with Gasteiger partial charge in [-0.3, -0.25) is 9.69 Å². The quantitative estimate of drug-likeness (QED) is 0.800. The standard InChI is InChI=1S/C14H27N3O3/c1-5-6-11(9-12(18)19)15-13(20)17-8-7-16(4)14(2,3)10-17/h11H,5-10H2,1-4H3,(H,15,20)(H,18,19). The van der Waals surface area contributed by atoms with Crippen LogP contribution in [0.4, 0.5) is 4.79 Å². The summed E-state index contributed by atoms with van der Waals surface area (Å²) in [6.07, 6.45) is 1.53. The molecule has 0 aliphatic carbocycles. The second-order valence-corrected chi connectivity index (χ2v) is 6.19. The Bertz CT molecular complexity index is 358. The number of carboxylic acid groups (broad SMARTS) is 1. The van der Waals surface area contributed by atoms with Crippen molar-refractivity contribution >= 4 is 12.0 Å². The van der Waals surface area contributed by atoms with E-state index < -0.39 is 5.97 Å². The molecular weight excluding hydrogens is 258 g/mol. The largest absolute Gasteiger partial charge is 0.481 e. The van der Waals surface area contributed by atoms with E-state index in [9.17, 15) is 9.59 Å². The summed E-state index contributed by atoms with van der Waals surface area (Å²) in [5.74, 6) is -0.873. The molecule has 2 N–H and O–H groups in total. The van der Waals surface area contributed by atoms with Crippen molar-refractivity contribution in [3.63, 3.8) is 0 Å². The van der Waals surface area contributed by atoms with Gasteiger partial charge in [-0.1, -0.05) is 13.3 Å². The molecule has 1 aliphatic heterocycles. The lowest BCUT2D eigenvalue weighted by molar-refractivity contribution is -0.137. The molecular formula is C14H27N3O3. The number of hydrogen-bond acceptors (Lipinski definition) is 3. The zero-order valence-corrected chi connectivity index (χ0v) is 13.0. The van der Waals surface area contributed by atoms with Crippen LogP contribution in [0.1, 0.15) is 40.0 Å². The predicted molar refractivity (Wildman–Crippen MR) is 77.8 cm³/mol. The first-order valence-corrected chi connectivity index (χ1v) is 7.24. The van der Waals surface area contributed by atoms with E-state index >= 15 is 0 Å². The highest BCUT2D eigenvalue weighted by molar-refractivity contribution is 5.76. The third kappa shape index (κ3) is 4.67. The van der Waals surface area contributed by atoms with E-state index in [2.05, 4.69) is 31.1 Å². The van der Waals surface area contributed by atoms with Crippen molar-refractivity contribution in [2.75, 3.05) is 26.7 Å². The Kier molecular flexibility index (Phi) is 5.80. The van der Waals surface area contributed by atoms with Crippen molar-refractivity contribution in [3.8, 4) is 0 Å². The number of rotatable bonds is 5.